The van der Waals surface area contributed by atoms with Gasteiger partial charge in [0.1, 0.15) is 0 Å². The Labute approximate surface area is 212 Å². The lowest BCUT2D eigenvalue weighted by Gasteiger charge is -2.43. The van der Waals surface area contributed by atoms with Crippen molar-refractivity contribution in [3.05, 3.63) is 12.2 Å². The highest BCUT2D eigenvalue weighted by Crippen LogP contribution is 2.46. The molecule has 2 fully saturated rings. The van der Waals surface area contributed by atoms with Crippen molar-refractivity contribution in [2.24, 2.45) is 41.4 Å². The summed E-state index contributed by atoms with van der Waals surface area (Å²) < 4.78 is 10.9. The van der Waals surface area contributed by atoms with Crippen LogP contribution in [0.15, 0.2) is 12.2 Å². The fraction of sp³-hybridized carbons (Fsp3) is 0.862. The van der Waals surface area contributed by atoms with Crippen molar-refractivity contribution >= 4 is 11.9 Å². The quantitative estimate of drug-likeness (QED) is 0.193. The van der Waals surface area contributed by atoms with E-state index in [1.807, 2.05) is 0 Å². The van der Waals surface area contributed by atoms with E-state index in [2.05, 4.69) is 20.4 Å². The highest BCUT2D eigenvalue weighted by molar-refractivity contribution is 5.87. The predicted molar refractivity (Wildman–Crippen MR) is 137 cm³/mol. The van der Waals surface area contributed by atoms with Crippen molar-refractivity contribution in [2.45, 2.75) is 91.4 Å². The molecule has 2 rings (SSSR count). The number of unbranched alkanes of at least 4 members (excludes halogenated alkanes) is 2. The molecule has 0 heterocycles. The number of rotatable bonds is 14. The van der Waals surface area contributed by atoms with Crippen molar-refractivity contribution in [1.82, 2.24) is 0 Å². The van der Waals surface area contributed by atoms with E-state index in [0.29, 0.717) is 11.8 Å². The molecule has 0 saturated heterocycles. The molecule has 0 radical (unpaired) electrons. The van der Waals surface area contributed by atoms with Gasteiger partial charge in [-0.3, -0.25) is 4.79 Å². The van der Waals surface area contributed by atoms with Gasteiger partial charge in [-0.05, 0) is 68.6 Å². The molecule has 0 aromatic carbocycles. The lowest BCUT2D eigenvalue weighted by atomic mass is 9.63. The molecule has 202 valence electrons. The Hall–Kier alpha value is -1.40. The van der Waals surface area contributed by atoms with Gasteiger partial charge < -0.3 is 19.7 Å². The van der Waals surface area contributed by atoms with Gasteiger partial charge in [-0.2, -0.15) is 0 Å². The fourth-order valence-corrected chi connectivity index (χ4v) is 6.27. The molecular weight excluding hydrogens is 444 g/mol. The highest BCUT2D eigenvalue weighted by atomic mass is 16.5. The molecule has 5 unspecified atom stereocenters. The van der Waals surface area contributed by atoms with Crippen LogP contribution >= 0.6 is 0 Å². The van der Waals surface area contributed by atoms with Crippen LogP contribution in [0, 0.1) is 41.4 Å². The van der Waals surface area contributed by atoms with Crippen LogP contribution in [-0.2, 0) is 19.1 Å². The molecule has 0 aromatic rings. The molecule has 2 aliphatic rings. The second-order valence-corrected chi connectivity index (χ2v) is 11.3. The summed E-state index contributed by atoms with van der Waals surface area (Å²) in [7, 11) is 0. The predicted octanol–water partition coefficient (Wildman–Crippen LogP) is 5.31. The maximum absolute atomic E-state index is 12.2. The van der Waals surface area contributed by atoms with Gasteiger partial charge in [-0.1, -0.05) is 59.0 Å². The van der Waals surface area contributed by atoms with Gasteiger partial charge in [0.2, 0.25) is 0 Å². The Morgan fingerprint density at radius 2 is 1.63 bits per heavy atom. The molecule has 5 atom stereocenters. The lowest BCUT2D eigenvalue weighted by Crippen LogP contribution is -2.37. The Balaban J connectivity index is 1.91. The Morgan fingerprint density at radius 1 is 0.971 bits per heavy atom. The van der Waals surface area contributed by atoms with E-state index in [9.17, 15) is 14.7 Å². The summed E-state index contributed by atoms with van der Waals surface area (Å²) in [6.07, 6.45) is 14.3. The van der Waals surface area contributed by atoms with E-state index in [1.165, 1.54) is 64.2 Å². The first-order valence-corrected chi connectivity index (χ1v) is 14.0. The van der Waals surface area contributed by atoms with Gasteiger partial charge in [0.05, 0.1) is 37.9 Å². The molecule has 0 spiro atoms. The zero-order valence-electron chi connectivity index (χ0n) is 22.4. The number of hydrogen-bond donors (Lipinski definition) is 2. The minimum absolute atomic E-state index is 0.0247. The van der Waals surface area contributed by atoms with Crippen LogP contribution in [0.25, 0.3) is 0 Å². The van der Waals surface area contributed by atoms with E-state index in [4.69, 9.17) is 14.6 Å². The number of esters is 2. The molecule has 2 saturated carbocycles. The second-order valence-electron chi connectivity index (χ2n) is 11.3. The first-order chi connectivity index (χ1) is 16.8. The van der Waals surface area contributed by atoms with Crippen LogP contribution in [0.4, 0.5) is 0 Å². The minimum Gasteiger partial charge on any atom is -0.465 e. The number of carbonyl (C=O) groups excluding carboxylic acids is 2. The standard InChI is InChI=1S/C29H50O6/c1-5-6-7-8-23-9-11-24(12-10-23)25-13-14-27(20(2)15-25)26(18-34-28(32)21(3)16-30)19-35-29(33)22(4)17-31/h20,22-27,30-31H,3,5-19H2,1-2,4H3. The normalized spacial score (nSPS) is 28.7. The van der Waals surface area contributed by atoms with Gasteiger partial charge in [-0.25, -0.2) is 4.79 Å². The summed E-state index contributed by atoms with van der Waals surface area (Å²) in [4.78, 5) is 24.2. The first kappa shape index (κ1) is 29.8. The molecule has 35 heavy (non-hydrogen) atoms. The maximum atomic E-state index is 12.2. The molecule has 6 heteroatoms. The Kier molecular flexibility index (Phi) is 13.3. The third kappa shape index (κ3) is 9.53. The van der Waals surface area contributed by atoms with Gasteiger partial charge in [0, 0.05) is 5.92 Å². The van der Waals surface area contributed by atoms with Crippen molar-refractivity contribution in [2.75, 3.05) is 26.4 Å². The molecule has 0 aliphatic heterocycles. The van der Waals surface area contributed by atoms with E-state index in [-0.39, 0.29) is 31.3 Å². The smallest absolute Gasteiger partial charge is 0.335 e. The summed E-state index contributed by atoms with van der Waals surface area (Å²) in [5, 5.41) is 18.4. The largest absolute Gasteiger partial charge is 0.465 e. The topological polar surface area (TPSA) is 93.1 Å². The number of carbonyl (C=O) groups is 2. The third-order valence-corrected chi connectivity index (χ3v) is 8.68. The molecular formula is C29H50O6. The maximum Gasteiger partial charge on any atom is 0.335 e. The minimum atomic E-state index is -0.607. The van der Waals surface area contributed by atoms with Crippen LogP contribution in [-0.4, -0.2) is 48.6 Å². The summed E-state index contributed by atoms with van der Waals surface area (Å²) >= 11 is 0. The van der Waals surface area contributed by atoms with E-state index < -0.39 is 24.5 Å². The SMILES string of the molecule is C=C(CO)C(=O)OCC(COC(=O)C(C)CO)C1CCC(C2CCC(CCCCC)CC2)CC1C. The summed E-state index contributed by atoms with van der Waals surface area (Å²) in [5.74, 6) is 1.54. The monoisotopic (exact) mass is 494 g/mol. The van der Waals surface area contributed by atoms with Crippen LogP contribution in [0.1, 0.15) is 91.4 Å². The Morgan fingerprint density at radius 3 is 2.23 bits per heavy atom. The van der Waals surface area contributed by atoms with Gasteiger partial charge in [-0.15, -0.1) is 0 Å². The average Bonchev–Trinajstić information content (AvgIpc) is 2.88. The van der Waals surface area contributed by atoms with Crippen LogP contribution in [0.3, 0.4) is 0 Å². The van der Waals surface area contributed by atoms with Crippen molar-refractivity contribution in [1.29, 1.82) is 0 Å². The van der Waals surface area contributed by atoms with Crippen molar-refractivity contribution < 1.29 is 29.3 Å². The second kappa shape index (κ2) is 15.7. The molecule has 0 aromatic heterocycles. The van der Waals surface area contributed by atoms with E-state index in [1.54, 1.807) is 6.92 Å². The number of ether oxygens (including phenoxy) is 2. The zero-order valence-corrected chi connectivity index (χ0v) is 22.4. The molecule has 0 amide bonds. The van der Waals surface area contributed by atoms with Crippen LogP contribution in [0.5, 0.6) is 0 Å². The van der Waals surface area contributed by atoms with Gasteiger partial charge >= 0.3 is 11.9 Å². The van der Waals surface area contributed by atoms with E-state index >= 15 is 0 Å². The zero-order chi connectivity index (χ0) is 25.8. The number of aliphatic hydroxyl groups is 2. The number of hydrogen-bond acceptors (Lipinski definition) is 6. The van der Waals surface area contributed by atoms with Crippen molar-refractivity contribution in [3.63, 3.8) is 0 Å². The third-order valence-electron chi connectivity index (χ3n) is 8.68. The Bertz CT molecular complexity index is 654. The van der Waals surface area contributed by atoms with Crippen molar-refractivity contribution in [3.8, 4) is 0 Å². The summed E-state index contributed by atoms with van der Waals surface area (Å²) in [5.41, 5.74) is 0.0247. The first-order valence-electron chi connectivity index (χ1n) is 14.0. The van der Waals surface area contributed by atoms with Gasteiger partial charge in [0.15, 0.2) is 0 Å². The summed E-state index contributed by atoms with van der Waals surface area (Å²) in [6, 6.07) is 0. The fourth-order valence-electron chi connectivity index (χ4n) is 6.27. The molecule has 2 N–H and O–H groups in total. The van der Waals surface area contributed by atoms with E-state index in [0.717, 1.165) is 24.2 Å². The number of aliphatic hydroxyl groups excluding tert-OH is 2. The average molecular weight is 495 g/mol. The van der Waals surface area contributed by atoms with Crippen LogP contribution in [0.2, 0.25) is 0 Å². The van der Waals surface area contributed by atoms with Gasteiger partial charge in [0.25, 0.3) is 0 Å². The lowest BCUT2D eigenvalue weighted by molar-refractivity contribution is -0.154. The molecule has 6 nitrogen and oxygen atoms in total. The van der Waals surface area contributed by atoms with Crippen LogP contribution < -0.4 is 0 Å². The molecule has 2 aliphatic carbocycles. The highest BCUT2D eigenvalue weighted by Gasteiger charge is 2.38. The molecule has 0 bridgehead atoms. The summed E-state index contributed by atoms with van der Waals surface area (Å²) in [6.45, 7) is 9.35.